The van der Waals surface area contributed by atoms with Crippen LogP contribution in [0.4, 0.5) is 23.1 Å². The van der Waals surface area contributed by atoms with E-state index >= 15 is 0 Å². The van der Waals surface area contributed by atoms with Crippen molar-refractivity contribution >= 4 is 29.1 Å². The lowest BCUT2D eigenvalue weighted by molar-refractivity contribution is 0.0527. The van der Waals surface area contributed by atoms with Gasteiger partial charge in [0.05, 0.1) is 31.2 Å². The second kappa shape index (κ2) is 8.61. The van der Waals surface area contributed by atoms with Crippen molar-refractivity contribution in [2.75, 3.05) is 24.4 Å². The van der Waals surface area contributed by atoms with Crippen molar-refractivity contribution in [2.24, 2.45) is 0 Å². The van der Waals surface area contributed by atoms with Gasteiger partial charge in [-0.15, -0.1) is 5.10 Å². The summed E-state index contributed by atoms with van der Waals surface area (Å²) in [6.07, 6.45) is 1.50. The molecule has 27 heavy (non-hydrogen) atoms. The molecule has 0 bridgehead atoms. The molecule has 0 fully saturated rings. The quantitative estimate of drug-likeness (QED) is 0.614. The number of nitrogens with zero attached hydrogens (tertiary/aromatic N) is 3. The first-order chi connectivity index (χ1) is 13.2. The van der Waals surface area contributed by atoms with Crippen LogP contribution in [-0.2, 0) is 4.74 Å². The summed E-state index contributed by atoms with van der Waals surface area (Å²) >= 11 is 0. The molecule has 3 aromatic rings. The molecular weight excluding hydrogens is 346 g/mol. The monoisotopic (exact) mass is 365 g/mol. The molecule has 0 spiro atoms. The highest BCUT2D eigenvalue weighted by molar-refractivity contribution is 5.96. The molecule has 0 saturated carbocycles. The number of benzene rings is 2. The van der Waals surface area contributed by atoms with Crippen molar-refractivity contribution in [1.82, 2.24) is 15.2 Å². The van der Waals surface area contributed by atoms with E-state index in [4.69, 9.17) is 9.47 Å². The Hall–Kier alpha value is -3.68. The van der Waals surface area contributed by atoms with Crippen LogP contribution in [0.15, 0.2) is 54.7 Å². The molecule has 0 saturated heterocycles. The van der Waals surface area contributed by atoms with Crippen LogP contribution in [0.3, 0.4) is 0 Å². The minimum Gasteiger partial charge on any atom is -0.497 e. The van der Waals surface area contributed by atoms with E-state index in [1.54, 1.807) is 38.3 Å². The lowest BCUT2D eigenvalue weighted by atomic mass is 10.2. The fourth-order valence-electron chi connectivity index (χ4n) is 2.36. The zero-order valence-electron chi connectivity index (χ0n) is 15.0. The number of anilines is 4. The molecule has 8 nitrogen and oxygen atoms in total. The van der Waals surface area contributed by atoms with Crippen LogP contribution in [0.25, 0.3) is 0 Å². The summed E-state index contributed by atoms with van der Waals surface area (Å²) in [5.41, 5.74) is 1.73. The van der Waals surface area contributed by atoms with Crippen molar-refractivity contribution in [3.05, 3.63) is 60.3 Å². The molecule has 0 aliphatic heterocycles. The number of carbonyl (C=O) groups excluding carboxylic acids is 1. The molecule has 0 aliphatic rings. The van der Waals surface area contributed by atoms with Crippen molar-refractivity contribution in [3.63, 3.8) is 0 Å². The summed E-state index contributed by atoms with van der Waals surface area (Å²) in [5, 5.41) is 14.1. The van der Waals surface area contributed by atoms with E-state index in [-0.39, 0.29) is 5.95 Å². The first-order valence-electron chi connectivity index (χ1n) is 8.33. The molecule has 0 radical (unpaired) electrons. The summed E-state index contributed by atoms with van der Waals surface area (Å²) < 4.78 is 10.3. The average molecular weight is 365 g/mol. The number of hydrogen-bond donors (Lipinski definition) is 2. The summed E-state index contributed by atoms with van der Waals surface area (Å²) in [4.78, 5) is 16.5. The van der Waals surface area contributed by atoms with Gasteiger partial charge in [0.25, 0.3) is 0 Å². The number of hydrogen-bond acceptors (Lipinski definition) is 8. The molecule has 1 aromatic heterocycles. The number of ether oxygens (including phenoxy) is 2. The van der Waals surface area contributed by atoms with Crippen molar-refractivity contribution in [2.45, 2.75) is 6.92 Å². The molecular formula is C19H19N5O3. The van der Waals surface area contributed by atoms with Crippen LogP contribution >= 0.6 is 0 Å². The third-order valence-corrected chi connectivity index (χ3v) is 3.57. The van der Waals surface area contributed by atoms with E-state index < -0.39 is 5.97 Å². The van der Waals surface area contributed by atoms with Crippen LogP contribution in [0.5, 0.6) is 5.75 Å². The van der Waals surface area contributed by atoms with Gasteiger partial charge in [-0.25, -0.2) is 4.79 Å². The summed E-state index contributed by atoms with van der Waals surface area (Å²) in [6.45, 7) is 2.06. The Balaban J connectivity index is 1.79. The van der Waals surface area contributed by atoms with E-state index in [1.165, 1.54) is 6.20 Å². The lowest BCUT2D eigenvalue weighted by Crippen LogP contribution is -2.09. The molecule has 0 atom stereocenters. The molecule has 8 heteroatoms. The van der Waals surface area contributed by atoms with Gasteiger partial charge in [0.15, 0.2) is 5.82 Å². The standard InChI is InChI=1S/C19H19N5O3/c1-3-27-18(25)15-9-4-5-10-16(15)22-19-23-17(12-20-24-19)21-13-7-6-8-14(11-13)26-2/h4-12H,3H2,1-2H3,(H2,21,22,23,24). The third kappa shape index (κ3) is 4.69. The first-order valence-corrected chi connectivity index (χ1v) is 8.33. The summed E-state index contributed by atoms with van der Waals surface area (Å²) in [6, 6.07) is 14.4. The fraction of sp³-hybridized carbons (Fsp3) is 0.158. The smallest absolute Gasteiger partial charge is 0.340 e. The van der Waals surface area contributed by atoms with Crippen LogP contribution in [-0.4, -0.2) is 34.9 Å². The Morgan fingerprint density at radius 2 is 1.96 bits per heavy atom. The van der Waals surface area contributed by atoms with Crippen LogP contribution in [0.1, 0.15) is 17.3 Å². The summed E-state index contributed by atoms with van der Waals surface area (Å²) in [5.74, 6) is 1.05. The van der Waals surface area contributed by atoms with Gasteiger partial charge in [-0.1, -0.05) is 18.2 Å². The van der Waals surface area contributed by atoms with E-state index in [0.29, 0.717) is 23.7 Å². The lowest BCUT2D eigenvalue weighted by Gasteiger charge is -2.11. The van der Waals surface area contributed by atoms with Crippen molar-refractivity contribution in [1.29, 1.82) is 0 Å². The topological polar surface area (TPSA) is 98.3 Å². The molecule has 1 heterocycles. The normalized spacial score (nSPS) is 10.1. The minimum absolute atomic E-state index is 0.250. The average Bonchev–Trinajstić information content (AvgIpc) is 2.69. The van der Waals surface area contributed by atoms with Gasteiger partial charge in [0, 0.05) is 11.8 Å². The number of esters is 1. The third-order valence-electron chi connectivity index (χ3n) is 3.57. The minimum atomic E-state index is -0.417. The number of nitrogens with one attached hydrogen (secondary N) is 2. The van der Waals surface area contributed by atoms with Crippen molar-refractivity contribution in [3.8, 4) is 5.75 Å². The maximum atomic E-state index is 12.1. The number of carbonyl (C=O) groups is 1. The van der Waals surface area contributed by atoms with Crippen molar-refractivity contribution < 1.29 is 14.3 Å². The Morgan fingerprint density at radius 1 is 1.11 bits per heavy atom. The van der Waals surface area contributed by atoms with E-state index in [2.05, 4.69) is 25.8 Å². The van der Waals surface area contributed by atoms with E-state index in [0.717, 1.165) is 11.4 Å². The van der Waals surface area contributed by atoms with Gasteiger partial charge in [-0.2, -0.15) is 10.1 Å². The van der Waals surface area contributed by atoms with Gasteiger partial charge < -0.3 is 20.1 Å². The van der Waals surface area contributed by atoms with Crippen LogP contribution < -0.4 is 15.4 Å². The molecule has 2 aromatic carbocycles. The fourth-order valence-corrected chi connectivity index (χ4v) is 2.36. The molecule has 0 unspecified atom stereocenters. The highest BCUT2D eigenvalue weighted by atomic mass is 16.5. The maximum absolute atomic E-state index is 12.1. The van der Waals surface area contributed by atoms with Crippen LogP contribution in [0.2, 0.25) is 0 Å². The molecule has 0 amide bonds. The van der Waals surface area contributed by atoms with Crippen LogP contribution in [0, 0.1) is 0 Å². The zero-order chi connectivity index (χ0) is 19.1. The predicted molar refractivity (Wildman–Crippen MR) is 102 cm³/mol. The van der Waals surface area contributed by atoms with Gasteiger partial charge in [-0.05, 0) is 31.2 Å². The molecule has 3 rings (SSSR count). The Morgan fingerprint density at radius 3 is 2.78 bits per heavy atom. The Bertz CT molecular complexity index is 932. The van der Waals surface area contributed by atoms with Gasteiger partial charge in [0.2, 0.25) is 5.95 Å². The first kappa shape index (κ1) is 18.1. The largest absolute Gasteiger partial charge is 0.497 e. The van der Waals surface area contributed by atoms with Gasteiger partial charge in [-0.3, -0.25) is 0 Å². The molecule has 0 aliphatic carbocycles. The number of rotatable bonds is 7. The zero-order valence-corrected chi connectivity index (χ0v) is 15.0. The molecule has 2 N–H and O–H groups in total. The van der Waals surface area contributed by atoms with E-state index in [9.17, 15) is 4.79 Å². The van der Waals surface area contributed by atoms with Gasteiger partial charge >= 0.3 is 5.97 Å². The highest BCUT2D eigenvalue weighted by Gasteiger charge is 2.13. The Labute approximate surface area is 156 Å². The number of methoxy groups -OCH3 is 1. The highest BCUT2D eigenvalue weighted by Crippen LogP contribution is 2.22. The number of aromatic nitrogens is 3. The number of para-hydroxylation sites is 1. The second-order valence-corrected chi connectivity index (χ2v) is 5.41. The predicted octanol–water partition coefficient (Wildman–Crippen LogP) is 3.54. The van der Waals surface area contributed by atoms with E-state index in [1.807, 2.05) is 24.3 Å². The van der Waals surface area contributed by atoms with Gasteiger partial charge in [0.1, 0.15) is 5.75 Å². The Kier molecular flexibility index (Phi) is 5.78. The maximum Gasteiger partial charge on any atom is 0.340 e. The summed E-state index contributed by atoms with van der Waals surface area (Å²) in [7, 11) is 1.61. The SMILES string of the molecule is CCOC(=O)c1ccccc1Nc1nncc(Nc2cccc(OC)c2)n1. The molecule has 138 valence electrons. The second-order valence-electron chi connectivity index (χ2n) is 5.41.